The molecule has 1 unspecified atom stereocenters. The minimum atomic E-state index is -0.987. The third-order valence-corrected chi connectivity index (χ3v) is 3.58. The Morgan fingerprint density at radius 1 is 1.55 bits per heavy atom. The van der Waals surface area contributed by atoms with Crippen LogP contribution < -0.4 is 0 Å². The van der Waals surface area contributed by atoms with Crippen molar-refractivity contribution in [3.05, 3.63) is 17.7 Å². The van der Waals surface area contributed by atoms with Crippen LogP contribution in [-0.2, 0) is 17.8 Å². The number of H-pyrrole nitrogens is 1. The molecule has 7 heteroatoms. The van der Waals surface area contributed by atoms with Gasteiger partial charge >= 0.3 is 12.0 Å². The summed E-state index contributed by atoms with van der Waals surface area (Å²) in [5, 5.41) is 9.35. The first-order valence-electron chi connectivity index (χ1n) is 6.87. The second kappa shape index (κ2) is 5.94. The van der Waals surface area contributed by atoms with Crippen molar-refractivity contribution in [2.24, 2.45) is 0 Å². The fourth-order valence-corrected chi connectivity index (χ4v) is 2.50. The first-order chi connectivity index (χ1) is 9.58. The molecule has 2 heterocycles. The summed E-state index contributed by atoms with van der Waals surface area (Å²) in [5.74, 6) is -0.987. The van der Waals surface area contributed by atoms with Gasteiger partial charge in [0.2, 0.25) is 0 Å². The maximum absolute atomic E-state index is 12.5. The number of carboxylic acid groups (broad SMARTS) is 1. The van der Waals surface area contributed by atoms with Crippen LogP contribution in [0.4, 0.5) is 4.79 Å². The number of aromatic nitrogens is 2. The van der Waals surface area contributed by atoms with E-state index in [1.54, 1.807) is 11.2 Å². The Balaban J connectivity index is 2.23. The minimum Gasteiger partial charge on any atom is -0.480 e. The molecule has 2 N–H and O–H groups in total. The maximum Gasteiger partial charge on any atom is 0.326 e. The molecule has 2 rings (SSSR count). The monoisotopic (exact) mass is 280 g/mol. The van der Waals surface area contributed by atoms with Gasteiger partial charge in [0.05, 0.1) is 24.3 Å². The number of amides is 2. The number of carbonyl (C=O) groups excluding carboxylic acids is 1. The Kier molecular flexibility index (Phi) is 4.26. The van der Waals surface area contributed by atoms with E-state index in [4.69, 9.17) is 0 Å². The highest BCUT2D eigenvalue weighted by Crippen LogP contribution is 2.22. The lowest BCUT2D eigenvalue weighted by Gasteiger charge is -2.36. The largest absolute Gasteiger partial charge is 0.480 e. The van der Waals surface area contributed by atoms with E-state index in [1.165, 1.54) is 4.90 Å². The smallest absolute Gasteiger partial charge is 0.326 e. The molecule has 0 fully saturated rings. The van der Waals surface area contributed by atoms with Crippen molar-refractivity contribution in [3.63, 3.8) is 0 Å². The van der Waals surface area contributed by atoms with Crippen LogP contribution in [0.25, 0.3) is 0 Å². The second-order valence-corrected chi connectivity index (χ2v) is 4.88. The molecule has 110 valence electrons. The topological polar surface area (TPSA) is 89.5 Å². The number of rotatable bonds is 4. The fourth-order valence-electron chi connectivity index (χ4n) is 2.50. The zero-order valence-electron chi connectivity index (χ0n) is 11.8. The van der Waals surface area contributed by atoms with Crippen LogP contribution in [0, 0.1) is 0 Å². The van der Waals surface area contributed by atoms with E-state index in [0.717, 1.165) is 17.8 Å². The van der Waals surface area contributed by atoms with Crippen LogP contribution in [0.1, 0.15) is 31.7 Å². The summed E-state index contributed by atoms with van der Waals surface area (Å²) in [5.41, 5.74) is 1.56. The molecule has 0 radical (unpaired) electrons. The van der Waals surface area contributed by atoms with Crippen LogP contribution in [0.2, 0.25) is 0 Å². The first-order valence-corrected chi connectivity index (χ1v) is 6.87. The van der Waals surface area contributed by atoms with Crippen molar-refractivity contribution in [2.45, 2.75) is 39.3 Å². The van der Waals surface area contributed by atoms with E-state index in [0.29, 0.717) is 13.1 Å². The summed E-state index contributed by atoms with van der Waals surface area (Å²) in [6.45, 7) is 5.37. The van der Waals surface area contributed by atoms with Crippen LogP contribution in [0.5, 0.6) is 0 Å². The molecule has 7 nitrogen and oxygen atoms in total. The molecule has 1 aromatic heterocycles. The van der Waals surface area contributed by atoms with Gasteiger partial charge in [0.15, 0.2) is 0 Å². The third kappa shape index (κ3) is 2.61. The van der Waals surface area contributed by atoms with Gasteiger partial charge in [-0.15, -0.1) is 0 Å². The number of imidazole rings is 1. The van der Waals surface area contributed by atoms with Gasteiger partial charge < -0.3 is 19.9 Å². The molecule has 1 aromatic rings. The van der Waals surface area contributed by atoms with Crippen LogP contribution >= 0.6 is 0 Å². The van der Waals surface area contributed by atoms with Crippen molar-refractivity contribution < 1.29 is 14.7 Å². The number of carbonyl (C=O) groups is 2. The summed E-state index contributed by atoms with van der Waals surface area (Å²) < 4.78 is 0. The highest BCUT2D eigenvalue weighted by Gasteiger charge is 2.37. The van der Waals surface area contributed by atoms with E-state index in [1.807, 2.05) is 13.8 Å². The number of carboxylic acids is 1. The van der Waals surface area contributed by atoms with Gasteiger partial charge in [-0.2, -0.15) is 0 Å². The Morgan fingerprint density at radius 2 is 2.30 bits per heavy atom. The predicted molar refractivity (Wildman–Crippen MR) is 72.2 cm³/mol. The molecular weight excluding hydrogens is 260 g/mol. The lowest BCUT2D eigenvalue weighted by Crippen LogP contribution is -2.53. The van der Waals surface area contributed by atoms with Gasteiger partial charge in [-0.25, -0.2) is 14.6 Å². The molecule has 1 aliphatic heterocycles. The highest BCUT2D eigenvalue weighted by atomic mass is 16.4. The summed E-state index contributed by atoms with van der Waals surface area (Å²) >= 11 is 0. The number of hydrogen-bond donors (Lipinski definition) is 2. The molecule has 20 heavy (non-hydrogen) atoms. The minimum absolute atomic E-state index is 0.220. The lowest BCUT2D eigenvalue weighted by atomic mass is 10.0. The second-order valence-electron chi connectivity index (χ2n) is 4.88. The first kappa shape index (κ1) is 14.4. The van der Waals surface area contributed by atoms with E-state index in [9.17, 15) is 14.7 Å². The number of urea groups is 1. The Bertz CT molecular complexity index is 500. The summed E-state index contributed by atoms with van der Waals surface area (Å²) in [6.07, 6.45) is 2.64. The van der Waals surface area contributed by atoms with Crippen LogP contribution in [0.3, 0.4) is 0 Å². The van der Waals surface area contributed by atoms with Crippen molar-refractivity contribution in [1.82, 2.24) is 19.8 Å². The van der Waals surface area contributed by atoms with E-state index in [2.05, 4.69) is 9.97 Å². The Labute approximate surface area is 117 Å². The van der Waals surface area contributed by atoms with E-state index < -0.39 is 12.0 Å². The molecular formula is C13H20N4O3. The quantitative estimate of drug-likeness (QED) is 0.863. The summed E-state index contributed by atoms with van der Waals surface area (Å²) in [6, 6.07) is -1.06. The molecule has 0 saturated carbocycles. The SMILES string of the molecule is CCCN(CC)C(=O)N1Cc2[nH]cnc2CC1C(=O)O. The summed E-state index contributed by atoms with van der Waals surface area (Å²) in [7, 11) is 0. The van der Waals surface area contributed by atoms with Crippen molar-refractivity contribution in [2.75, 3.05) is 13.1 Å². The number of aliphatic carboxylic acids is 1. The normalized spacial score (nSPS) is 17.7. The van der Waals surface area contributed by atoms with E-state index in [-0.39, 0.29) is 19.0 Å². The predicted octanol–water partition coefficient (Wildman–Crippen LogP) is 1.07. The number of nitrogens with zero attached hydrogens (tertiary/aromatic N) is 3. The number of aromatic amines is 1. The van der Waals surface area contributed by atoms with Gasteiger partial charge in [-0.05, 0) is 13.3 Å². The van der Waals surface area contributed by atoms with Crippen LogP contribution in [0.15, 0.2) is 6.33 Å². The van der Waals surface area contributed by atoms with Gasteiger partial charge in [0.1, 0.15) is 6.04 Å². The van der Waals surface area contributed by atoms with Gasteiger partial charge in [-0.3, -0.25) is 0 Å². The third-order valence-electron chi connectivity index (χ3n) is 3.58. The highest BCUT2D eigenvalue weighted by molar-refractivity contribution is 5.83. The Morgan fingerprint density at radius 3 is 2.90 bits per heavy atom. The average molecular weight is 280 g/mol. The molecule has 0 spiro atoms. The molecule has 0 saturated heterocycles. The van der Waals surface area contributed by atoms with Gasteiger partial charge in [0.25, 0.3) is 0 Å². The van der Waals surface area contributed by atoms with Gasteiger partial charge in [-0.1, -0.05) is 6.92 Å². The zero-order chi connectivity index (χ0) is 14.7. The number of hydrogen-bond acceptors (Lipinski definition) is 3. The van der Waals surface area contributed by atoms with Crippen molar-refractivity contribution in [1.29, 1.82) is 0 Å². The molecule has 0 aliphatic carbocycles. The molecule has 0 bridgehead atoms. The molecule has 2 amide bonds. The molecule has 0 aromatic carbocycles. The standard InChI is InChI=1S/C13H20N4O3/c1-3-5-16(4-2)13(20)17-7-10-9(14-8-15-10)6-11(17)12(18)19/h8,11H,3-7H2,1-2H3,(H,14,15)(H,18,19). The summed E-state index contributed by atoms with van der Waals surface area (Å²) in [4.78, 5) is 34.1. The van der Waals surface area contributed by atoms with E-state index >= 15 is 0 Å². The number of fused-ring (bicyclic) bond motifs is 1. The molecule has 1 aliphatic rings. The fraction of sp³-hybridized carbons (Fsp3) is 0.615. The van der Waals surface area contributed by atoms with Gasteiger partial charge in [0, 0.05) is 19.5 Å². The lowest BCUT2D eigenvalue weighted by molar-refractivity contribution is -0.143. The van der Waals surface area contributed by atoms with Crippen molar-refractivity contribution in [3.8, 4) is 0 Å². The average Bonchev–Trinajstić information content (AvgIpc) is 2.89. The molecule has 1 atom stereocenters. The van der Waals surface area contributed by atoms with Crippen LogP contribution in [-0.4, -0.2) is 56.0 Å². The number of nitrogens with one attached hydrogen (secondary N) is 1. The maximum atomic E-state index is 12.5. The zero-order valence-corrected chi connectivity index (χ0v) is 11.8. The van der Waals surface area contributed by atoms with Crippen molar-refractivity contribution >= 4 is 12.0 Å². The Hall–Kier alpha value is -2.05.